The summed E-state index contributed by atoms with van der Waals surface area (Å²) in [6, 6.07) is 0. The van der Waals surface area contributed by atoms with Gasteiger partial charge >= 0.3 is 18.0 Å². The fraction of sp³-hybridized carbons (Fsp3) is 0.529. The number of hydrogen-bond donors (Lipinski definition) is 0. The lowest BCUT2D eigenvalue weighted by atomic mass is 9.90. The molecule has 0 bridgehead atoms. The lowest BCUT2D eigenvalue weighted by molar-refractivity contribution is -0.162. The molecule has 0 aliphatic heterocycles. The molecule has 0 fully saturated rings. The van der Waals surface area contributed by atoms with E-state index in [1.54, 1.807) is 34.6 Å². The second-order valence-corrected chi connectivity index (χ2v) is 6.46. The SMILES string of the molecule is CCOC(=O)C1(C(=O)OCC)C=c2ncn(C(=O)OC(C)(C)C)c2=C1. The Balaban J connectivity index is 2.52. The summed E-state index contributed by atoms with van der Waals surface area (Å²) in [4.78, 5) is 41.2. The molecule has 2 rings (SSSR count). The van der Waals surface area contributed by atoms with Gasteiger partial charge in [-0.05, 0) is 46.8 Å². The van der Waals surface area contributed by atoms with Crippen LogP contribution in [0.4, 0.5) is 4.79 Å². The molecular formula is C17H22N2O6. The van der Waals surface area contributed by atoms with Crippen LogP contribution in [0.1, 0.15) is 34.6 Å². The van der Waals surface area contributed by atoms with Crippen molar-refractivity contribution in [2.75, 3.05) is 13.2 Å². The molecule has 0 spiro atoms. The van der Waals surface area contributed by atoms with Crippen LogP contribution in [0.2, 0.25) is 0 Å². The first-order valence-corrected chi connectivity index (χ1v) is 8.01. The molecule has 1 aromatic rings. The van der Waals surface area contributed by atoms with Crippen molar-refractivity contribution in [3.63, 3.8) is 0 Å². The minimum atomic E-state index is -1.76. The van der Waals surface area contributed by atoms with E-state index in [2.05, 4.69) is 4.98 Å². The fourth-order valence-electron chi connectivity index (χ4n) is 2.38. The first-order valence-electron chi connectivity index (χ1n) is 8.01. The Kier molecular flexibility index (Phi) is 5.01. The molecule has 1 aliphatic carbocycles. The van der Waals surface area contributed by atoms with E-state index in [4.69, 9.17) is 14.2 Å². The van der Waals surface area contributed by atoms with Crippen LogP contribution in [0.3, 0.4) is 0 Å². The summed E-state index contributed by atoms with van der Waals surface area (Å²) in [6.45, 7) is 8.69. The van der Waals surface area contributed by atoms with Crippen molar-refractivity contribution in [1.29, 1.82) is 0 Å². The van der Waals surface area contributed by atoms with Gasteiger partial charge in [-0.1, -0.05) is 0 Å². The highest BCUT2D eigenvalue weighted by atomic mass is 16.6. The molecule has 0 saturated heterocycles. The summed E-state index contributed by atoms with van der Waals surface area (Å²) in [6.07, 6.45) is 3.30. The van der Waals surface area contributed by atoms with Crippen LogP contribution in [0.15, 0.2) is 6.33 Å². The normalized spacial score (nSPS) is 14.8. The lowest BCUT2D eigenvalue weighted by Crippen LogP contribution is -2.39. The van der Waals surface area contributed by atoms with Crippen molar-refractivity contribution in [1.82, 2.24) is 9.55 Å². The van der Waals surface area contributed by atoms with Gasteiger partial charge in [0.25, 0.3) is 0 Å². The number of rotatable bonds is 4. The zero-order valence-electron chi connectivity index (χ0n) is 15.0. The molecule has 1 heterocycles. The third-order valence-electron chi connectivity index (χ3n) is 3.38. The van der Waals surface area contributed by atoms with Crippen LogP contribution in [-0.2, 0) is 23.8 Å². The molecule has 1 aromatic heterocycles. The second-order valence-electron chi connectivity index (χ2n) is 6.46. The predicted octanol–water partition coefficient (Wildman–Crippen LogP) is 0.354. The molecule has 25 heavy (non-hydrogen) atoms. The molecule has 1 aliphatic rings. The predicted molar refractivity (Wildman–Crippen MR) is 87.7 cm³/mol. The largest absolute Gasteiger partial charge is 0.465 e. The summed E-state index contributed by atoms with van der Waals surface area (Å²) >= 11 is 0. The standard InChI is InChI=1S/C17H22N2O6/c1-6-23-13(20)17(14(21)24-7-2)8-11-12(9-17)19(10-18-11)15(22)25-16(3,4)5/h8-10H,6-7H2,1-5H3. The summed E-state index contributed by atoms with van der Waals surface area (Å²) in [5.74, 6) is -1.55. The van der Waals surface area contributed by atoms with Crippen molar-refractivity contribution < 1.29 is 28.6 Å². The van der Waals surface area contributed by atoms with E-state index in [1.165, 1.54) is 18.5 Å². The van der Waals surface area contributed by atoms with Crippen molar-refractivity contribution in [3.05, 3.63) is 17.0 Å². The van der Waals surface area contributed by atoms with Gasteiger partial charge in [0.15, 0.2) is 0 Å². The average molecular weight is 350 g/mol. The van der Waals surface area contributed by atoms with E-state index in [-0.39, 0.29) is 18.6 Å². The van der Waals surface area contributed by atoms with Crippen LogP contribution in [0.25, 0.3) is 12.2 Å². The zero-order valence-corrected chi connectivity index (χ0v) is 15.0. The first kappa shape index (κ1) is 18.7. The Bertz CT molecular complexity index is 797. The van der Waals surface area contributed by atoms with E-state index in [0.717, 1.165) is 4.57 Å². The maximum absolute atomic E-state index is 12.4. The Morgan fingerprint density at radius 1 is 1.08 bits per heavy atom. The van der Waals surface area contributed by atoms with Gasteiger partial charge in [0.1, 0.15) is 11.9 Å². The molecule has 0 radical (unpaired) electrons. The van der Waals surface area contributed by atoms with Crippen molar-refractivity contribution in [2.45, 2.75) is 40.2 Å². The summed E-state index contributed by atoms with van der Waals surface area (Å²) in [7, 11) is 0. The molecular weight excluding hydrogens is 328 g/mol. The number of aromatic nitrogens is 2. The molecule has 0 atom stereocenters. The van der Waals surface area contributed by atoms with E-state index in [1.807, 2.05) is 0 Å². The number of esters is 2. The Morgan fingerprint density at radius 2 is 1.64 bits per heavy atom. The molecule has 0 aromatic carbocycles. The number of carbonyl (C=O) groups excluding carboxylic acids is 3. The molecule has 0 unspecified atom stereocenters. The molecule has 8 heteroatoms. The molecule has 0 saturated carbocycles. The number of carbonyl (C=O) groups is 3. The van der Waals surface area contributed by atoms with E-state index in [9.17, 15) is 14.4 Å². The Morgan fingerprint density at radius 3 is 2.12 bits per heavy atom. The highest BCUT2D eigenvalue weighted by molar-refractivity contribution is 6.13. The van der Waals surface area contributed by atoms with E-state index >= 15 is 0 Å². The molecule has 0 amide bonds. The molecule has 8 nitrogen and oxygen atoms in total. The van der Waals surface area contributed by atoms with Gasteiger partial charge in [-0.25, -0.2) is 14.3 Å². The van der Waals surface area contributed by atoms with Crippen LogP contribution >= 0.6 is 0 Å². The number of fused-ring (bicyclic) bond motifs is 1. The molecule has 0 N–H and O–H groups in total. The van der Waals surface area contributed by atoms with Gasteiger partial charge < -0.3 is 14.2 Å². The monoisotopic (exact) mass is 350 g/mol. The molecule has 136 valence electrons. The highest BCUT2D eigenvalue weighted by Crippen LogP contribution is 2.28. The maximum Gasteiger partial charge on any atom is 0.420 e. The van der Waals surface area contributed by atoms with Crippen molar-refractivity contribution in [3.8, 4) is 0 Å². The maximum atomic E-state index is 12.4. The fourth-order valence-corrected chi connectivity index (χ4v) is 2.38. The summed E-state index contributed by atoms with van der Waals surface area (Å²) < 4.78 is 16.5. The van der Waals surface area contributed by atoms with E-state index in [0.29, 0.717) is 5.35 Å². The zero-order chi connectivity index (χ0) is 18.8. The van der Waals surface area contributed by atoms with Crippen LogP contribution < -0.4 is 10.7 Å². The van der Waals surface area contributed by atoms with Gasteiger partial charge in [-0.3, -0.25) is 9.59 Å². The average Bonchev–Trinajstić information content (AvgIpc) is 3.03. The highest BCUT2D eigenvalue weighted by Gasteiger charge is 2.48. The topological polar surface area (TPSA) is 96.7 Å². The third-order valence-corrected chi connectivity index (χ3v) is 3.38. The summed E-state index contributed by atoms with van der Waals surface area (Å²) in [5, 5.41) is 0.599. The van der Waals surface area contributed by atoms with Crippen LogP contribution in [0.5, 0.6) is 0 Å². The van der Waals surface area contributed by atoms with Gasteiger partial charge in [0, 0.05) is 0 Å². The first-order chi connectivity index (χ1) is 11.6. The number of ether oxygens (including phenoxy) is 3. The minimum Gasteiger partial charge on any atom is -0.465 e. The van der Waals surface area contributed by atoms with Crippen LogP contribution in [-0.4, -0.2) is 46.4 Å². The van der Waals surface area contributed by atoms with Crippen molar-refractivity contribution >= 4 is 30.2 Å². The second kappa shape index (κ2) is 6.70. The summed E-state index contributed by atoms with van der Waals surface area (Å²) in [5.41, 5.74) is -2.45. The third kappa shape index (κ3) is 3.57. The van der Waals surface area contributed by atoms with Gasteiger partial charge in [0.05, 0.1) is 23.9 Å². The van der Waals surface area contributed by atoms with Gasteiger partial charge in [-0.2, -0.15) is 0 Å². The van der Waals surface area contributed by atoms with Crippen LogP contribution in [0, 0.1) is 5.41 Å². The number of hydrogen-bond acceptors (Lipinski definition) is 7. The Labute approximate surface area is 145 Å². The van der Waals surface area contributed by atoms with Gasteiger partial charge in [-0.15, -0.1) is 0 Å². The quantitative estimate of drug-likeness (QED) is 0.439. The van der Waals surface area contributed by atoms with Crippen molar-refractivity contribution in [2.24, 2.45) is 5.41 Å². The number of nitrogens with zero attached hydrogens (tertiary/aromatic N) is 2. The van der Waals surface area contributed by atoms with E-state index < -0.39 is 29.0 Å². The van der Waals surface area contributed by atoms with Gasteiger partial charge in [0.2, 0.25) is 5.41 Å². The number of imidazole rings is 1. The minimum absolute atomic E-state index is 0.103. The Hall–Kier alpha value is -2.64. The lowest BCUT2D eigenvalue weighted by Gasteiger charge is -2.21. The smallest absolute Gasteiger partial charge is 0.420 e.